The van der Waals surface area contributed by atoms with Crippen LogP contribution in [0.1, 0.15) is 25.7 Å². The number of nitrogens with zero attached hydrogens (tertiary/aromatic N) is 4. The molecule has 7 nitrogen and oxygen atoms in total. The van der Waals surface area contributed by atoms with Crippen molar-refractivity contribution in [1.29, 1.82) is 0 Å². The number of nitrogens with one attached hydrogen (secondary N) is 1. The van der Waals surface area contributed by atoms with Crippen molar-refractivity contribution in [2.75, 3.05) is 11.9 Å². The Labute approximate surface area is 122 Å². The summed E-state index contributed by atoms with van der Waals surface area (Å²) >= 11 is 0. The lowest BCUT2D eigenvalue weighted by molar-refractivity contribution is -0.119. The summed E-state index contributed by atoms with van der Waals surface area (Å²) in [6.07, 6.45) is 5.19. The van der Waals surface area contributed by atoms with Crippen molar-refractivity contribution in [2.24, 2.45) is 11.1 Å². The van der Waals surface area contributed by atoms with E-state index in [1.165, 1.54) is 11.0 Å². The van der Waals surface area contributed by atoms with Crippen molar-refractivity contribution in [2.45, 2.75) is 25.7 Å². The number of benzene rings is 1. The molecule has 0 radical (unpaired) electrons. The standard InChI is InChI=1S/C14H18N6O/c15-9-14(6-3-7-14)8-13(21)17-11-4-1-2-5-12(11)20-10-16-18-19-20/h1-2,4-5,10H,3,6-9,15H2,(H,17,21). The maximum Gasteiger partial charge on any atom is 0.225 e. The number of para-hydroxylation sites is 2. The van der Waals surface area contributed by atoms with Crippen LogP contribution in [0.5, 0.6) is 0 Å². The van der Waals surface area contributed by atoms with Gasteiger partial charge < -0.3 is 11.1 Å². The van der Waals surface area contributed by atoms with E-state index in [9.17, 15) is 4.79 Å². The topological polar surface area (TPSA) is 98.7 Å². The zero-order valence-electron chi connectivity index (χ0n) is 11.7. The van der Waals surface area contributed by atoms with Gasteiger partial charge >= 0.3 is 0 Å². The third-order valence-electron chi connectivity index (χ3n) is 4.16. The van der Waals surface area contributed by atoms with Crippen molar-refractivity contribution < 1.29 is 4.79 Å². The minimum absolute atomic E-state index is 0.00611. The number of carbonyl (C=O) groups excluding carboxylic acids is 1. The van der Waals surface area contributed by atoms with Gasteiger partial charge in [-0.2, -0.15) is 4.68 Å². The molecular formula is C14H18N6O. The summed E-state index contributed by atoms with van der Waals surface area (Å²) in [6.45, 7) is 0.565. The van der Waals surface area contributed by atoms with E-state index in [0.29, 0.717) is 18.7 Å². The second-order valence-electron chi connectivity index (χ2n) is 5.55. The van der Waals surface area contributed by atoms with Crippen LogP contribution >= 0.6 is 0 Å². The van der Waals surface area contributed by atoms with E-state index >= 15 is 0 Å². The van der Waals surface area contributed by atoms with Crippen LogP contribution in [0.2, 0.25) is 0 Å². The smallest absolute Gasteiger partial charge is 0.225 e. The van der Waals surface area contributed by atoms with E-state index in [-0.39, 0.29) is 11.3 Å². The van der Waals surface area contributed by atoms with Gasteiger partial charge in [-0.25, -0.2) is 0 Å². The van der Waals surface area contributed by atoms with Gasteiger partial charge in [0.2, 0.25) is 5.91 Å². The summed E-state index contributed by atoms with van der Waals surface area (Å²) in [5.74, 6) is -0.0133. The first-order valence-corrected chi connectivity index (χ1v) is 7.05. The van der Waals surface area contributed by atoms with Gasteiger partial charge in [-0.15, -0.1) is 5.10 Å². The molecule has 1 aliphatic rings. The van der Waals surface area contributed by atoms with Gasteiger partial charge in [-0.05, 0) is 47.4 Å². The minimum atomic E-state index is -0.0133. The Morgan fingerprint density at radius 1 is 1.38 bits per heavy atom. The molecule has 0 bridgehead atoms. The van der Waals surface area contributed by atoms with Crippen molar-refractivity contribution >= 4 is 11.6 Å². The molecule has 0 saturated heterocycles. The number of anilines is 1. The summed E-state index contributed by atoms with van der Waals surface area (Å²) in [5, 5.41) is 14.0. The molecule has 1 aromatic carbocycles. The first kappa shape index (κ1) is 13.7. The largest absolute Gasteiger partial charge is 0.330 e. The zero-order chi connectivity index (χ0) is 14.7. The molecule has 21 heavy (non-hydrogen) atoms. The molecule has 0 spiro atoms. The maximum atomic E-state index is 12.3. The number of hydrogen-bond acceptors (Lipinski definition) is 5. The highest BCUT2D eigenvalue weighted by atomic mass is 16.1. The monoisotopic (exact) mass is 286 g/mol. The quantitative estimate of drug-likeness (QED) is 0.858. The van der Waals surface area contributed by atoms with Crippen LogP contribution in [0.3, 0.4) is 0 Å². The summed E-state index contributed by atoms with van der Waals surface area (Å²) in [7, 11) is 0. The highest BCUT2D eigenvalue weighted by Crippen LogP contribution is 2.43. The number of hydrogen-bond donors (Lipinski definition) is 2. The molecule has 1 aromatic heterocycles. The molecule has 1 fully saturated rings. The lowest BCUT2D eigenvalue weighted by Gasteiger charge is -2.40. The predicted octanol–water partition coefficient (Wildman–Crippen LogP) is 1.12. The van der Waals surface area contributed by atoms with Gasteiger partial charge in [0, 0.05) is 6.42 Å². The second-order valence-corrected chi connectivity index (χ2v) is 5.55. The van der Waals surface area contributed by atoms with E-state index in [2.05, 4.69) is 20.8 Å². The van der Waals surface area contributed by atoms with Crippen LogP contribution in [0.4, 0.5) is 5.69 Å². The number of carbonyl (C=O) groups is 1. The van der Waals surface area contributed by atoms with E-state index in [1.54, 1.807) is 0 Å². The van der Waals surface area contributed by atoms with Crippen LogP contribution in [-0.4, -0.2) is 32.7 Å². The van der Waals surface area contributed by atoms with Crippen molar-refractivity contribution in [1.82, 2.24) is 20.2 Å². The number of aromatic nitrogens is 4. The van der Waals surface area contributed by atoms with Crippen LogP contribution < -0.4 is 11.1 Å². The molecule has 110 valence electrons. The van der Waals surface area contributed by atoms with Gasteiger partial charge in [-0.1, -0.05) is 18.6 Å². The van der Waals surface area contributed by atoms with Gasteiger partial charge in [0.05, 0.1) is 11.4 Å². The first-order chi connectivity index (χ1) is 10.2. The fourth-order valence-electron chi connectivity index (χ4n) is 2.72. The van der Waals surface area contributed by atoms with Crippen LogP contribution in [0.25, 0.3) is 5.69 Å². The number of rotatable bonds is 5. The number of nitrogens with two attached hydrogens (primary N) is 1. The fraction of sp³-hybridized carbons (Fsp3) is 0.429. The number of tetrazole rings is 1. The fourth-order valence-corrected chi connectivity index (χ4v) is 2.72. The highest BCUT2D eigenvalue weighted by Gasteiger charge is 2.37. The van der Waals surface area contributed by atoms with Gasteiger partial charge in [0.15, 0.2) is 0 Å². The Bertz CT molecular complexity index is 615. The normalized spacial score (nSPS) is 16.2. The molecule has 3 N–H and O–H groups in total. The molecule has 0 unspecified atom stereocenters. The molecule has 1 aliphatic carbocycles. The third kappa shape index (κ3) is 2.78. The first-order valence-electron chi connectivity index (χ1n) is 7.05. The minimum Gasteiger partial charge on any atom is -0.330 e. The Morgan fingerprint density at radius 2 is 2.19 bits per heavy atom. The van der Waals surface area contributed by atoms with E-state index in [0.717, 1.165) is 24.9 Å². The van der Waals surface area contributed by atoms with E-state index < -0.39 is 0 Å². The van der Waals surface area contributed by atoms with Gasteiger partial charge in [-0.3, -0.25) is 4.79 Å². The Kier molecular flexibility index (Phi) is 3.66. The maximum absolute atomic E-state index is 12.3. The number of amides is 1. The summed E-state index contributed by atoms with van der Waals surface area (Å²) in [6, 6.07) is 7.43. The van der Waals surface area contributed by atoms with Gasteiger partial charge in [0.25, 0.3) is 0 Å². The summed E-state index contributed by atoms with van der Waals surface area (Å²) < 4.78 is 1.53. The lowest BCUT2D eigenvalue weighted by atomic mass is 9.66. The Morgan fingerprint density at radius 3 is 2.81 bits per heavy atom. The lowest BCUT2D eigenvalue weighted by Crippen LogP contribution is -2.40. The van der Waals surface area contributed by atoms with Crippen LogP contribution in [0, 0.1) is 5.41 Å². The van der Waals surface area contributed by atoms with Crippen LogP contribution in [-0.2, 0) is 4.79 Å². The zero-order valence-corrected chi connectivity index (χ0v) is 11.7. The van der Waals surface area contributed by atoms with Crippen LogP contribution in [0.15, 0.2) is 30.6 Å². The second kappa shape index (κ2) is 5.61. The van der Waals surface area contributed by atoms with Crippen molar-refractivity contribution in [3.8, 4) is 5.69 Å². The molecule has 1 amide bonds. The summed E-state index contributed by atoms with van der Waals surface area (Å²) in [4.78, 5) is 12.3. The SMILES string of the molecule is NCC1(CC(=O)Nc2ccccc2-n2cnnn2)CCC1. The highest BCUT2D eigenvalue weighted by molar-refractivity contribution is 5.93. The average molecular weight is 286 g/mol. The average Bonchev–Trinajstić information content (AvgIpc) is 2.97. The Balaban J connectivity index is 1.75. The van der Waals surface area contributed by atoms with Crippen molar-refractivity contribution in [3.05, 3.63) is 30.6 Å². The van der Waals surface area contributed by atoms with Crippen molar-refractivity contribution in [3.63, 3.8) is 0 Å². The van der Waals surface area contributed by atoms with E-state index in [1.807, 2.05) is 24.3 Å². The molecule has 7 heteroatoms. The molecule has 0 atom stereocenters. The third-order valence-corrected chi connectivity index (χ3v) is 4.16. The molecule has 0 aliphatic heterocycles. The van der Waals surface area contributed by atoms with Gasteiger partial charge in [0.1, 0.15) is 6.33 Å². The molecule has 2 aromatic rings. The molecule has 1 saturated carbocycles. The Hall–Kier alpha value is -2.28. The summed E-state index contributed by atoms with van der Waals surface area (Å²) in [5.41, 5.74) is 7.24. The molecule has 1 heterocycles. The molecule has 3 rings (SSSR count). The predicted molar refractivity (Wildman–Crippen MR) is 77.7 cm³/mol. The molecular weight excluding hydrogens is 268 g/mol. The van der Waals surface area contributed by atoms with E-state index in [4.69, 9.17) is 5.73 Å².